The smallest absolute Gasteiger partial charge is 0.416 e. The molecule has 0 saturated carbocycles. The molecule has 0 bridgehead atoms. The van der Waals surface area contributed by atoms with Crippen LogP contribution in [0.2, 0.25) is 0 Å². The molecule has 38 heavy (non-hydrogen) atoms. The molecular weight excluding hydrogens is 501 g/mol. The summed E-state index contributed by atoms with van der Waals surface area (Å²) < 4.78 is 50.0. The third-order valence-electron chi connectivity index (χ3n) is 6.30. The third-order valence-corrected chi connectivity index (χ3v) is 6.30. The lowest BCUT2D eigenvalue weighted by Crippen LogP contribution is -2.29. The molecule has 1 aliphatic rings. The predicted octanol–water partition coefficient (Wildman–Crippen LogP) is 5.41. The van der Waals surface area contributed by atoms with Gasteiger partial charge < -0.3 is 19.5 Å². The fourth-order valence-electron chi connectivity index (χ4n) is 4.32. The van der Waals surface area contributed by atoms with Gasteiger partial charge in [-0.3, -0.25) is 14.5 Å². The van der Waals surface area contributed by atoms with Crippen LogP contribution in [0.3, 0.4) is 0 Å². The Bertz CT molecular complexity index is 1400. The van der Waals surface area contributed by atoms with Gasteiger partial charge in [-0.2, -0.15) is 13.2 Å². The van der Waals surface area contributed by atoms with Crippen LogP contribution in [0.1, 0.15) is 22.7 Å². The number of hydrogen-bond donors (Lipinski definition) is 1. The molecule has 1 fully saturated rings. The van der Waals surface area contributed by atoms with Crippen LogP contribution in [0.5, 0.6) is 11.5 Å². The number of anilines is 2. The van der Waals surface area contributed by atoms with Crippen LogP contribution >= 0.6 is 0 Å². The van der Waals surface area contributed by atoms with Gasteiger partial charge in [-0.15, -0.1) is 0 Å². The highest BCUT2D eigenvalue weighted by molar-refractivity contribution is 6.51. The van der Waals surface area contributed by atoms with Crippen LogP contribution in [-0.4, -0.2) is 45.1 Å². The van der Waals surface area contributed by atoms with Crippen molar-refractivity contribution in [3.8, 4) is 11.5 Å². The Morgan fingerprint density at radius 2 is 1.50 bits per heavy atom. The number of hydrogen-bond acceptors (Lipinski definition) is 6. The van der Waals surface area contributed by atoms with Crippen molar-refractivity contribution in [2.24, 2.45) is 0 Å². The van der Waals surface area contributed by atoms with E-state index in [1.165, 1.54) is 26.4 Å². The lowest BCUT2D eigenvalue weighted by molar-refractivity contribution is -0.137. The van der Waals surface area contributed by atoms with E-state index in [-0.39, 0.29) is 16.8 Å². The zero-order chi connectivity index (χ0) is 27.8. The van der Waals surface area contributed by atoms with Crippen molar-refractivity contribution in [1.29, 1.82) is 0 Å². The summed E-state index contributed by atoms with van der Waals surface area (Å²) in [5.41, 5.74) is 0.503. The number of rotatable bonds is 6. The zero-order valence-corrected chi connectivity index (χ0v) is 21.0. The standard InChI is InChI=1S/C28H25F3N2O5/c1-32(2)19-10-5-16(6-11-19)24-23(25(34)17-7-14-21(37-3)22(15-17)38-4)26(35)27(36)33(24)20-12-8-18(9-13-20)28(29,30)31/h5-15,24,34H,1-4H3/b25-23-. The van der Waals surface area contributed by atoms with Gasteiger partial charge in [-0.1, -0.05) is 12.1 Å². The molecule has 10 heteroatoms. The van der Waals surface area contributed by atoms with Crippen molar-refractivity contribution < 1.29 is 37.3 Å². The molecular formula is C28H25F3N2O5. The number of ether oxygens (including phenoxy) is 2. The van der Waals surface area contributed by atoms with Crippen molar-refractivity contribution in [2.45, 2.75) is 12.2 Å². The molecule has 0 aromatic heterocycles. The fourth-order valence-corrected chi connectivity index (χ4v) is 4.32. The molecule has 1 N–H and O–H groups in total. The van der Waals surface area contributed by atoms with E-state index in [1.54, 1.807) is 30.3 Å². The van der Waals surface area contributed by atoms with Gasteiger partial charge >= 0.3 is 6.18 Å². The van der Waals surface area contributed by atoms with Crippen LogP contribution in [0, 0.1) is 0 Å². The number of methoxy groups -OCH3 is 2. The van der Waals surface area contributed by atoms with Crippen LogP contribution < -0.4 is 19.3 Å². The van der Waals surface area contributed by atoms with Crippen LogP contribution in [0.25, 0.3) is 5.76 Å². The van der Waals surface area contributed by atoms with Crippen molar-refractivity contribution >= 4 is 28.8 Å². The predicted molar refractivity (Wildman–Crippen MR) is 137 cm³/mol. The summed E-state index contributed by atoms with van der Waals surface area (Å²) >= 11 is 0. The Labute approximate surface area is 217 Å². The Hall–Kier alpha value is -4.47. The molecule has 198 valence electrons. The molecule has 0 radical (unpaired) electrons. The van der Waals surface area contributed by atoms with E-state index < -0.39 is 35.2 Å². The Kier molecular flexibility index (Phi) is 7.08. The average molecular weight is 527 g/mol. The fraction of sp³-hybridized carbons (Fsp3) is 0.214. The van der Waals surface area contributed by atoms with Gasteiger partial charge in [0.05, 0.1) is 31.4 Å². The first-order valence-corrected chi connectivity index (χ1v) is 11.5. The second-order valence-electron chi connectivity index (χ2n) is 8.77. The number of amides is 1. The Balaban J connectivity index is 1.91. The first kappa shape index (κ1) is 26.6. The number of ketones is 1. The van der Waals surface area contributed by atoms with E-state index in [2.05, 4.69) is 0 Å². The number of halogens is 3. The Morgan fingerprint density at radius 3 is 2.03 bits per heavy atom. The number of alkyl halides is 3. The van der Waals surface area contributed by atoms with E-state index in [9.17, 15) is 27.9 Å². The Morgan fingerprint density at radius 1 is 0.895 bits per heavy atom. The number of carbonyl (C=O) groups is 2. The van der Waals surface area contributed by atoms with Crippen molar-refractivity contribution in [3.05, 3.63) is 89.0 Å². The molecule has 1 saturated heterocycles. The summed E-state index contributed by atoms with van der Waals surface area (Å²) in [6, 6.07) is 14.3. The SMILES string of the molecule is COc1ccc(/C(O)=C2/C(=O)C(=O)N(c3ccc(C(F)(F)F)cc3)C2c2ccc(N(C)C)cc2)cc1OC. The number of aliphatic hydroxyl groups excluding tert-OH is 1. The first-order chi connectivity index (χ1) is 18.0. The van der Waals surface area contributed by atoms with Gasteiger partial charge in [0.1, 0.15) is 5.76 Å². The molecule has 1 unspecified atom stereocenters. The highest BCUT2D eigenvalue weighted by Gasteiger charge is 2.47. The molecule has 3 aromatic rings. The third kappa shape index (κ3) is 4.77. The van der Waals surface area contributed by atoms with Gasteiger partial charge in [-0.25, -0.2) is 0 Å². The highest BCUT2D eigenvalue weighted by Crippen LogP contribution is 2.44. The van der Waals surface area contributed by atoms with Crippen molar-refractivity contribution in [1.82, 2.24) is 0 Å². The minimum absolute atomic E-state index is 0.0770. The summed E-state index contributed by atoms with van der Waals surface area (Å²) in [6.45, 7) is 0. The van der Waals surface area contributed by atoms with Gasteiger partial charge in [0.2, 0.25) is 0 Å². The van der Waals surface area contributed by atoms with Gasteiger partial charge in [0, 0.05) is 31.0 Å². The first-order valence-electron chi connectivity index (χ1n) is 11.5. The van der Waals surface area contributed by atoms with E-state index >= 15 is 0 Å². The molecule has 7 nitrogen and oxygen atoms in total. The number of aliphatic hydroxyl groups is 1. The van der Waals surface area contributed by atoms with Crippen LogP contribution in [0.4, 0.5) is 24.5 Å². The molecule has 1 amide bonds. The van der Waals surface area contributed by atoms with E-state index in [1.807, 2.05) is 19.0 Å². The summed E-state index contributed by atoms with van der Waals surface area (Å²) in [4.78, 5) is 29.5. The molecule has 1 aliphatic heterocycles. The second-order valence-corrected chi connectivity index (χ2v) is 8.77. The normalized spacial score (nSPS) is 17.0. The average Bonchev–Trinajstić information content (AvgIpc) is 3.17. The van der Waals surface area contributed by atoms with Crippen LogP contribution in [-0.2, 0) is 15.8 Å². The molecule has 0 spiro atoms. The number of nitrogens with zero attached hydrogens (tertiary/aromatic N) is 2. The maximum absolute atomic E-state index is 13.3. The minimum atomic E-state index is -4.57. The summed E-state index contributed by atoms with van der Waals surface area (Å²) in [5.74, 6) is -1.72. The maximum Gasteiger partial charge on any atom is 0.416 e. The molecule has 0 aliphatic carbocycles. The lowest BCUT2D eigenvalue weighted by atomic mass is 9.94. The molecule has 4 rings (SSSR count). The highest BCUT2D eigenvalue weighted by atomic mass is 19.4. The number of Topliss-reactive ketones (excluding diaryl/α,β-unsaturated/α-hetero) is 1. The zero-order valence-electron chi connectivity index (χ0n) is 21.0. The van der Waals surface area contributed by atoms with E-state index in [0.29, 0.717) is 17.1 Å². The monoisotopic (exact) mass is 526 g/mol. The van der Waals surface area contributed by atoms with Gasteiger partial charge in [-0.05, 0) is 60.2 Å². The number of benzene rings is 3. The van der Waals surface area contributed by atoms with Gasteiger partial charge in [0.15, 0.2) is 11.5 Å². The topological polar surface area (TPSA) is 79.3 Å². The largest absolute Gasteiger partial charge is 0.507 e. The quantitative estimate of drug-likeness (QED) is 0.263. The van der Waals surface area contributed by atoms with Crippen molar-refractivity contribution in [2.75, 3.05) is 38.1 Å². The van der Waals surface area contributed by atoms with E-state index in [4.69, 9.17) is 9.47 Å². The molecule has 3 aromatic carbocycles. The minimum Gasteiger partial charge on any atom is -0.507 e. The summed E-state index contributed by atoms with van der Waals surface area (Å²) in [6.07, 6.45) is -4.57. The maximum atomic E-state index is 13.3. The molecule has 1 heterocycles. The van der Waals surface area contributed by atoms with E-state index in [0.717, 1.165) is 34.9 Å². The van der Waals surface area contributed by atoms with Gasteiger partial charge in [0.25, 0.3) is 11.7 Å². The summed E-state index contributed by atoms with van der Waals surface area (Å²) in [7, 11) is 6.56. The van der Waals surface area contributed by atoms with Crippen LogP contribution in [0.15, 0.2) is 72.3 Å². The lowest BCUT2D eigenvalue weighted by Gasteiger charge is -2.26. The number of carbonyl (C=O) groups excluding carboxylic acids is 2. The second kappa shape index (κ2) is 10.1. The van der Waals surface area contributed by atoms with Crippen molar-refractivity contribution in [3.63, 3.8) is 0 Å². The summed E-state index contributed by atoms with van der Waals surface area (Å²) in [5, 5.41) is 11.3. The molecule has 1 atom stereocenters.